The van der Waals surface area contributed by atoms with E-state index in [-0.39, 0.29) is 30.9 Å². The third kappa shape index (κ3) is 4.05. The molecule has 1 N–H and O–H groups in total. The summed E-state index contributed by atoms with van der Waals surface area (Å²) in [7, 11) is 1.94. The van der Waals surface area contributed by atoms with Gasteiger partial charge in [-0.2, -0.15) is 4.80 Å². The van der Waals surface area contributed by atoms with Gasteiger partial charge in [-0.05, 0) is 12.1 Å². The second-order valence-corrected chi connectivity index (χ2v) is 6.71. The Labute approximate surface area is 169 Å². The van der Waals surface area contributed by atoms with Gasteiger partial charge in [0.2, 0.25) is 11.7 Å². The maximum absolute atomic E-state index is 12.9. The van der Waals surface area contributed by atoms with Crippen LogP contribution in [-0.4, -0.2) is 60.2 Å². The number of aryl methyl sites for hydroxylation is 2. The molecule has 1 fully saturated rings. The number of amides is 1. The standard InChI is InChI=1S/C18H22N8O.ClH/c1-13-3-5-14(6-4-13)17-21-23-26(22-17)12-16(27)25-10-7-19-11-15(25)18-20-8-9-24(18)2;/h3-6,8-9,15,19H,7,10-12H2,1-2H3;1H. The highest BCUT2D eigenvalue weighted by atomic mass is 35.5. The van der Waals surface area contributed by atoms with Crippen LogP contribution in [0.1, 0.15) is 17.4 Å². The van der Waals surface area contributed by atoms with E-state index in [2.05, 4.69) is 25.7 Å². The molecule has 148 valence electrons. The molecule has 1 aliphatic heterocycles. The van der Waals surface area contributed by atoms with Crippen LogP contribution in [0.3, 0.4) is 0 Å². The van der Waals surface area contributed by atoms with Crippen molar-refractivity contribution in [2.75, 3.05) is 19.6 Å². The Morgan fingerprint density at radius 2 is 2.07 bits per heavy atom. The van der Waals surface area contributed by atoms with Gasteiger partial charge in [0.15, 0.2) is 0 Å². The zero-order chi connectivity index (χ0) is 18.8. The summed E-state index contributed by atoms with van der Waals surface area (Å²) in [5, 5.41) is 15.8. The van der Waals surface area contributed by atoms with E-state index in [0.717, 1.165) is 17.9 Å². The fourth-order valence-electron chi connectivity index (χ4n) is 3.27. The van der Waals surface area contributed by atoms with E-state index in [4.69, 9.17) is 0 Å². The van der Waals surface area contributed by atoms with Crippen molar-refractivity contribution in [2.45, 2.75) is 19.5 Å². The van der Waals surface area contributed by atoms with Gasteiger partial charge in [0.1, 0.15) is 18.4 Å². The molecule has 1 aliphatic rings. The van der Waals surface area contributed by atoms with Crippen molar-refractivity contribution < 1.29 is 4.79 Å². The van der Waals surface area contributed by atoms with Gasteiger partial charge in [-0.25, -0.2) is 4.98 Å². The highest BCUT2D eigenvalue weighted by Crippen LogP contribution is 2.21. The lowest BCUT2D eigenvalue weighted by Crippen LogP contribution is -2.50. The smallest absolute Gasteiger partial charge is 0.246 e. The van der Waals surface area contributed by atoms with Crippen molar-refractivity contribution >= 4 is 18.3 Å². The molecular weight excluding hydrogens is 380 g/mol. The Balaban J connectivity index is 0.00000225. The molecule has 3 heterocycles. The lowest BCUT2D eigenvalue weighted by atomic mass is 10.1. The third-order valence-electron chi connectivity index (χ3n) is 4.76. The first-order chi connectivity index (χ1) is 13.1. The Kier molecular flexibility index (Phi) is 6.05. The average molecular weight is 403 g/mol. The molecule has 1 atom stereocenters. The molecule has 28 heavy (non-hydrogen) atoms. The number of hydrogen-bond donors (Lipinski definition) is 1. The van der Waals surface area contributed by atoms with Crippen molar-refractivity contribution in [3.63, 3.8) is 0 Å². The van der Waals surface area contributed by atoms with E-state index in [1.165, 1.54) is 10.4 Å². The average Bonchev–Trinajstić information content (AvgIpc) is 3.31. The van der Waals surface area contributed by atoms with Crippen LogP contribution in [0.4, 0.5) is 0 Å². The summed E-state index contributed by atoms with van der Waals surface area (Å²) >= 11 is 0. The predicted molar refractivity (Wildman–Crippen MR) is 106 cm³/mol. The predicted octanol–water partition coefficient (Wildman–Crippen LogP) is 0.977. The summed E-state index contributed by atoms with van der Waals surface area (Å²) in [5.41, 5.74) is 2.05. The van der Waals surface area contributed by atoms with E-state index in [0.29, 0.717) is 18.9 Å². The molecule has 9 nitrogen and oxygen atoms in total. The number of hydrogen-bond acceptors (Lipinski definition) is 6. The molecule has 0 aliphatic carbocycles. The van der Waals surface area contributed by atoms with Crippen LogP contribution in [0.2, 0.25) is 0 Å². The van der Waals surface area contributed by atoms with Gasteiger partial charge in [-0.1, -0.05) is 29.8 Å². The number of piperazine rings is 1. The van der Waals surface area contributed by atoms with Crippen LogP contribution in [0, 0.1) is 6.92 Å². The normalized spacial score (nSPS) is 16.6. The summed E-state index contributed by atoms with van der Waals surface area (Å²) < 4.78 is 1.95. The molecule has 1 amide bonds. The molecule has 1 unspecified atom stereocenters. The number of benzene rings is 1. The molecule has 0 radical (unpaired) electrons. The molecule has 0 spiro atoms. The maximum atomic E-state index is 12.9. The molecule has 10 heteroatoms. The van der Waals surface area contributed by atoms with Gasteiger partial charge in [-0.3, -0.25) is 4.79 Å². The Morgan fingerprint density at radius 3 is 2.79 bits per heavy atom. The van der Waals surface area contributed by atoms with E-state index in [9.17, 15) is 4.79 Å². The van der Waals surface area contributed by atoms with Crippen LogP contribution >= 0.6 is 12.4 Å². The summed E-state index contributed by atoms with van der Waals surface area (Å²) in [6, 6.07) is 7.79. The largest absolute Gasteiger partial charge is 0.336 e. The second kappa shape index (κ2) is 8.49. The van der Waals surface area contributed by atoms with Crippen LogP contribution in [0.5, 0.6) is 0 Å². The quantitative estimate of drug-likeness (QED) is 0.699. The monoisotopic (exact) mass is 402 g/mol. The Morgan fingerprint density at radius 1 is 1.29 bits per heavy atom. The SMILES string of the molecule is Cc1ccc(-c2nnn(CC(=O)N3CCNCC3c3nccn3C)n2)cc1.Cl. The van der Waals surface area contributed by atoms with E-state index in [1.54, 1.807) is 6.20 Å². The number of tetrazole rings is 1. The van der Waals surface area contributed by atoms with E-state index >= 15 is 0 Å². The second-order valence-electron chi connectivity index (χ2n) is 6.71. The van der Waals surface area contributed by atoms with Gasteiger partial charge >= 0.3 is 0 Å². The molecule has 1 saturated heterocycles. The first-order valence-corrected chi connectivity index (χ1v) is 8.94. The first-order valence-electron chi connectivity index (χ1n) is 8.94. The van der Waals surface area contributed by atoms with Crippen molar-refractivity contribution in [3.8, 4) is 11.4 Å². The molecular formula is C18H23ClN8O. The van der Waals surface area contributed by atoms with Gasteiger partial charge in [0.25, 0.3) is 0 Å². The van der Waals surface area contributed by atoms with Gasteiger partial charge < -0.3 is 14.8 Å². The molecule has 1 aromatic carbocycles. The number of carbonyl (C=O) groups is 1. The molecule has 0 saturated carbocycles. The highest BCUT2D eigenvalue weighted by molar-refractivity contribution is 5.85. The number of rotatable bonds is 4. The number of halogens is 1. The number of carbonyl (C=O) groups excluding carboxylic acids is 1. The number of nitrogens with one attached hydrogen (secondary N) is 1. The summed E-state index contributed by atoms with van der Waals surface area (Å²) in [4.78, 5) is 20.5. The third-order valence-corrected chi connectivity index (χ3v) is 4.76. The van der Waals surface area contributed by atoms with E-state index in [1.807, 2.05) is 53.9 Å². The van der Waals surface area contributed by atoms with Gasteiger partial charge in [0.05, 0.1) is 0 Å². The van der Waals surface area contributed by atoms with Crippen molar-refractivity contribution in [2.24, 2.45) is 7.05 Å². The van der Waals surface area contributed by atoms with Gasteiger partial charge in [-0.15, -0.1) is 22.6 Å². The number of nitrogens with zero attached hydrogens (tertiary/aromatic N) is 7. The zero-order valence-corrected chi connectivity index (χ0v) is 16.6. The Hall–Kier alpha value is -2.78. The highest BCUT2D eigenvalue weighted by Gasteiger charge is 2.30. The summed E-state index contributed by atoms with van der Waals surface area (Å²) in [5.74, 6) is 1.34. The molecule has 2 aromatic heterocycles. The first kappa shape index (κ1) is 20.0. The van der Waals surface area contributed by atoms with E-state index < -0.39 is 0 Å². The van der Waals surface area contributed by atoms with Crippen LogP contribution in [0.25, 0.3) is 11.4 Å². The minimum absolute atomic E-state index is 0. The van der Waals surface area contributed by atoms with Crippen molar-refractivity contribution in [1.29, 1.82) is 0 Å². The Bertz CT molecular complexity index is 935. The number of imidazole rings is 1. The molecule has 4 rings (SSSR count). The molecule has 3 aromatic rings. The van der Waals surface area contributed by atoms with Crippen LogP contribution in [-0.2, 0) is 18.4 Å². The number of aromatic nitrogens is 6. The van der Waals surface area contributed by atoms with Crippen molar-refractivity contribution in [1.82, 2.24) is 40.0 Å². The minimum Gasteiger partial charge on any atom is -0.336 e. The van der Waals surface area contributed by atoms with Crippen LogP contribution < -0.4 is 5.32 Å². The lowest BCUT2D eigenvalue weighted by Gasteiger charge is -2.35. The summed E-state index contributed by atoms with van der Waals surface area (Å²) in [6.07, 6.45) is 3.64. The zero-order valence-electron chi connectivity index (χ0n) is 15.8. The van der Waals surface area contributed by atoms with Crippen LogP contribution in [0.15, 0.2) is 36.7 Å². The maximum Gasteiger partial charge on any atom is 0.246 e. The fraction of sp³-hybridized carbons (Fsp3) is 0.389. The summed E-state index contributed by atoms with van der Waals surface area (Å²) in [6.45, 7) is 4.13. The topological polar surface area (TPSA) is 93.8 Å². The minimum atomic E-state index is -0.105. The van der Waals surface area contributed by atoms with Crippen molar-refractivity contribution in [3.05, 3.63) is 48.0 Å². The molecule has 0 bridgehead atoms. The van der Waals surface area contributed by atoms with Gasteiger partial charge in [0, 0.05) is 44.6 Å². The lowest BCUT2D eigenvalue weighted by molar-refractivity contribution is -0.135. The fourth-order valence-corrected chi connectivity index (χ4v) is 3.27.